The Kier molecular flexibility index (Phi) is 7.87. The van der Waals surface area contributed by atoms with Gasteiger partial charge in [0.25, 0.3) is 10.0 Å². The van der Waals surface area contributed by atoms with Gasteiger partial charge in [-0.2, -0.15) is 0 Å². The molecular weight excluding hydrogens is 452 g/mol. The summed E-state index contributed by atoms with van der Waals surface area (Å²) in [5, 5.41) is 2.97. The van der Waals surface area contributed by atoms with E-state index >= 15 is 0 Å². The zero-order chi connectivity index (χ0) is 24.2. The molecule has 1 amide bonds. The third-order valence-electron chi connectivity index (χ3n) is 5.45. The van der Waals surface area contributed by atoms with Gasteiger partial charge < -0.3 is 5.32 Å². The number of para-hydroxylation sites is 1. The molecule has 0 saturated carbocycles. The van der Waals surface area contributed by atoms with E-state index < -0.39 is 15.9 Å². The zero-order valence-electron chi connectivity index (χ0n) is 19.6. The Labute approximate surface area is 201 Å². The lowest BCUT2D eigenvalue weighted by atomic mass is 9.98. The first-order valence-electron chi connectivity index (χ1n) is 10.8. The molecule has 3 aromatic carbocycles. The quantitative estimate of drug-likeness (QED) is 0.401. The average Bonchev–Trinajstić information content (AvgIpc) is 2.79. The largest absolute Gasteiger partial charge is 0.324 e. The second kappa shape index (κ2) is 10.4. The van der Waals surface area contributed by atoms with Gasteiger partial charge in [0.1, 0.15) is 6.54 Å². The van der Waals surface area contributed by atoms with Crippen LogP contribution in [-0.2, 0) is 14.8 Å². The number of anilines is 2. The number of nitrogens with one attached hydrogen (secondary N) is 1. The second-order valence-electron chi connectivity index (χ2n) is 8.26. The molecule has 0 heterocycles. The van der Waals surface area contributed by atoms with Crippen LogP contribution in [0.2, 0.25) is 0 Å². The summed E-state index contributed by atoms with van der Waals surface area (Å²) in [6, 6.07) is 19.7. The van der Waals surface area contributed by atoms with Crippen molar-refractivity contribution in [3.05, 3.63) is 83.4 Å². The van der Waals surface area contributed by atoms with Gasteiger partial charge in [-0.25, -0.2) is 8.42 Å². The summed E-state index contributed by atoms with van der Waals surface area (Å²) in [6.07, 6.45) is 1.93. The van der Waals surface area contributed by atoms with E-state index in [9.17, 15) is 13.2 Å². The van der Waals surface area contributed by atoms with Crippen LogP contribution in [0.4, 0.5) is 11.4 Å². The highest BCUT2D eigenvalue weighted by atomic mass is 32.2. The number of nitrogens with zero attached hydrogens (tertiary/aromatic N) is 1. The molecule has 7 heteroatoms. The molecule has 3 rings (SSSR count). The molecule has 1 N–H and O–H groups in total. The van der Waals surface area contributed by atoms with Crippen LogP contribution < -0.4 is 9.62 Å². The van der Waals surface area contributed by atoms with Crippen LogP contribution in [0, 0.1) is 13.8 Å². The predicted molar refractivity (Wildman–Crippen MR) is 138 cm³/mol. The molecule has 3 aromatic rings. The third kappa shape index (κ3) is 5.78. The van der Waals surface area contributed by atoms with Crippen molar-refractivity contribution in [1.29, 1.82) is 0 Å². The Bertz CT molecular complexity index is 1220. The number of carbonyl (C=O) groups is 1. The number of benzene rings is 3. The minimum Gasteiger partial charge on any atom is -0.324 e. The maximum absolute atomic E-state index is 13.6. The number of rotatable bonds is 8. The van der Waals surface area contributed by atoms with E-state index in [1.807, 2.05) is 50.4 Å². The summed E-state index contributed by atoms with van der Waals surface area (Å²) >= 11 is 1.54. The molecule has 0 saturated heterocycles. The summed E-state index contributed by atoms with van der Waals surface area (Å²) in [4.78, 5) is 14.3. The van der Waals surface area contributed by atoms with Gasteiger partial charge in [-0.3, -0.25) is 9.10 Å². The van der Waals surface area contributed by atoms with E-state index in [0.717, 1.165) is 27.3 Å². The highest BCUT2D eigenvalue weighted by Gasteiger charge is 2.27. The lowest BCUT2D eigenvalue weighted by Gasteiger charge is -2.25. The van der Waals surface area contributed by atoms with E-state index in [1.165, 1.54) is 16.1 Å². The Morgan fingerprint density at radius 3 is 2.18 bits per heavy atom. The molecule has 5 nitrogen and oxygen atoms in total. The van der Waals surface area contributed by atoms with Crippen molar-refractivity contribution in [3.8, 4) is 0 Å². The highest BCUT2D eigenvalue weighted by Crippen LogP contribution is 2.29. The van der Waals surface area contributed by atoms with E-state index in [-0.39, 0.29) is 17.4 Å². The molecule has 0 bridgehead atoms. The maximum atomic E-state index is 13.6. The number of amides is 1. The highest BCUT2D eigenvalue weighted by molar-refractivity contribution is 7.98. The van der Waals surface area contributed by atoms with Crippen molar-refractivity contribution in [3.63, 3.8) is 0 Å². The summed E-state index contributed by atoms with van der Waals surface area (Å²) in [7, 11) is -3.95. The van der Waals surface area contributed by atoms with Crippen molar-refractivity contribution < 1.29 is 13.2 Å². The molecular formula is C26H30N2O3S2. The summed E-state index contributed by atoms with van der Waals surface area (Å²) in [5.74, 6) is -0.178. The second-order valence-corrected chi connectivity index (χ2v) is 11.0. The number of sulfonamides is 1. The molecule has 0 unspecified atom stereocenters. The van der Waals surface area contributed by atoms with Gasteiger partial charge in [-0.05, 0) is 73.5 Å². The van der Waals surface area contributed by atoms with Crippen LogP contribution >= 0.6 is 11.8 Å². The number of hydrogen-bond donors (Lipinski definition) is 1. The van der Waals surface area contributed by atoms with Crippen LogP contribution in [0.5, 0.6) is 0 Å². The molecule has 0 aliphatic rings. The molecule has 0 fully saturated rings. The van der Waals surface area contributed by atoms with Gasteiger partial charge in [0.15, 0.2) is 0 Å². The van der Waals surface area contributed by atoms with Crippen LogP contribution in [0.25, 0.3) is 0 Å². The Morgan fingerprint density at radius 1 is 0.970 bits per heavy atom. The lowest BCUT2D eigenvalue weighted by molar-refractivity contribution is -0.114. The molecule has 0 aliphatic carbocycles. The van der Waals surface area contributed by atoms with Gasteiger partial charge in [0, 0.05) is 10.6 Å². The third-order valence-corrected chi connectivity index (χ3v) is 7.98. The minimum absolute atomic E-state index is 0.146. The van der Waals surface area contributed by atoms with Crippen LogP contribution in [-0.4, -0.2) is 27.1 Å². The number of carbonyl (C=O) groups excluding carboxylic acids is 1. The molecule has 0 atom stereocenters. The Balaban J connectivity index is 1.97. The van der Waals surface area contributed by atoms with Crippen molar-refractivity contribution in [2.75, 3.05) is 22.4 Å². The first kappa shape index (κ1) is 24.9. The maximum Gasteiger partial charge on any atom is 0.264 e. The normalized spacial score (nSPS) is 11.5. The summed E-state index contributed by atoms with van der Waals surface area (Å²) in [5.41, 5.74) is 4.14. The molecule has 0 spiro atoms. The van der Waals surface area contributed by atoms with E-state index in [0.29, 0.717) is 5.69 Å². The van der Waals surface area contributed by atoms with E-state index in [1.54, 1.807) is 36.4 Å². The monoisotopic (exact) mass is 482 g/mol. The smallest absolute Gasteiger partial charge is 0.264 e. The fourth-order valence-corrected chi connectivity index (χ4v) is 5.38. The minimum atomic E-state index is -3.95. The van der Waals surface area contributed by atoms with Gasteiger partial charge >= 0.3 is 0 Å². The molecule has 0 aromatic heterocycles. The number of aryl methyl sites for hydroxylation is 2. The first-order chi connectivity index (χ1) is 15.6. The van der Waals surface area contributed by atoms with Gasteiger partial charge in [0.05, 0.1) is 10.6 Å². The predicted octanol–water partition coefficient (Wildman–Crippen LogP) is 5.98. The summed E-state index contributed by atoms with van der Waals surface area (Å²) in [6.45, 7) is 7.66. The number of hydrogen-bond acceptors (Lipinski definition) is 4. The number of thioether (sulfide) groups is 1. The summed E-state index contributed by atoms with van der Waals surface area (Å²) < 4.78 is 28.3. The first-order valence-corrected chi connectivity index (χ1v) is 13.4. The Morgan fingerprint density at radius 2 is 1.61 bits per heavy atom. The van der Waals surface area contributed by atoms with Crippen molar-refractivity contribution in [2.24, 2.45) is 0 Å². The van der Waals surface area contributed by atoms with E-state index in [2.05, 4.69) is 19.2 Å². The van der Waals surface area contributed by atoms with Gasteiger partial charge in [-0.15, -0.1) is 11.8 Å². The SMILES string of the molecule is CSc1ccc(S(=O)(=O)N(CC(=O)Nc2c(C)cccc2C(C)C)c2ccc(C)cc2)cc1. The van der Waals surface area contributed by atoms with Crippen LogP contribution in [0.1, 0.15) is 36.5 Å². The standard InChI is InChI=1S/C26H30N2O3S2/c1-18(2)24-8-6-7-20(4)26(24)27-25(29)17-28(21-11-9-19(3)10-12-21)33(30,31)23-15-13-22(32-5)14-16-23/h6-16,18H,17H2,1-5H3,(H,27,29). The van der Waals surface area contributed by atoms with Gasteiger partial charge in [-0.1, -0.05) is 49.7 Å². The molecule has 174 valence electrons. The van der Waals surface area contributed by atoms with Crippen molar-refractivity contribution >= 4 is 39.1 Å². The van der Waals surface area contributed by atoms with Gasteiger partial charge in [0.2, 0.25) is 5.91 Å². The Hall–Kier alpha value is -2.77. The van der Waals surface area contributed by atoms with E-state index in [4.69, 9.17) is 0 Å². The lowest BCUT2D eigenvalue weighted by Crippen LogP contribution is -2.38. The zero-order valence-corrected chi connectivity index (χ0v) is 21.3. The fourth-order valence-electron chi connectivity index (χ4n) is 3.55. The van der Waals surface area contributed by atoms with Crippen molar-refractivity contribution in [1.82, 2.24) is 0 Å². The molecule has 33 heavy (non-hydrogen) atoms. The van der Waals surface area contributed by atoms with Crippen molar-refractivity contribution in [2.45, 2.75) is 43.4 Å². The topological polar surface area (TPSA) is 66.5 Å². The molecule has 0 aliphatic heterocycles. The van der Waals surface area contributed by atoms with Crippen LogP contribution in [0.15, 0.2) is 76.5 Å². The fraction of sp³-hybridized carbons (Fsp3) is 0.269. The molecule has 0 radical (unpaired) electrons. The average molecular weight is 483 g/mol. The van der Waals surface area contributed by atoms with Crippen LogP contribution in [0.3, 0.4) is 0 Å².